The minimum atomic E-state index is -0.502. The van der Waals surface area contributed by atoms with E-state index in [1.54, 1.807) is 24.1 Å². The fourth-order valence-electron chi connectivity index (χ4n) is 2.06. The van der Waals surface area contributed by atoms with E-state index in [1.165, 1.54) is 20.3 Å². The molecule has 1 saturated heterocycles. The number of hydrogen-bond acceptors (Lipinski definition) is 5. The minimum absolute atomic E-state index is 0.0518. The Morgan fingerprint density at radius 2 is 1.91 bits per heavy atom. The number of carbonyl (C=O) groups excluding carboxylic acids is 2. The Kier molecular flexibility index (Phi) is 6.69. The molecule has 122 valence electrons. The fraction of sp³-hybridized carbons (Fsp3) is 0.500. The molecule has 1 aliphatic heterocycles. The number of ether oxygens (including phenoxy) is 3. The van der Waals surface area contributed by atoms with Crippen LogP contribution < -0.4 is 9.47 Å². The van der Waals surface area contributed by atoms with Crippen molar-refractivity contribution >= 4 is 11.9 Å². The van der Waals surface area contributed by atoms with Gasteiger partial charge in [0.1, 0.15) is 0 Å². The number of benzene rings is 1. The molecule has 2 rings (SSSR count). The van der Waals surface area contributed by atoms with Crippen molar-refractivity contribution in [1.29, 1.82) is 0 Å². The van der Waals surface area contributed by atoms with Crippen LogP contribution in [0.5, 0.6) is 11.5 Å². The molecule has 0 aromatic heterocycles. The van der Waals surface area contributed by atoms with Crippen molar-refractivity contribution in [3.8, 4) is 11.5 Å². The number of methoxy groups -OCH3 is 2. The molecule has 0 saturated carbocycles. The molecule has 1 unspecified atom stereocenters. The average Bonchev–Trinajstić information content (AvgIpc) is 2.88. The van der Waals surface area contributed by atoms with Crippen molar-refractivity contribution in [2.24, 2.45) is 0 Å². The van der Waals surface area contributed by atoms with Gasteiger partial charge < -0.3 is 19.1 Å². The topological polar surface area (TPSA) is 65.1 Å². The predicted molar refractivity (Wildman–Crippen MR) is 82.4 cm³/mol. The van der Waals surface area contributed by atoms with E-state index in [-0.39, 0.29) is 5.91 Å². The number of likely N-dealkylation sites (tertiary alicyclic amines) is 1. The van der Waals surface area contributed by atoms with Gasteiger partial charge in [-0.25, -0.2) is 4.79 Å². The molecule has 0 bridgehead atoms. The van der Waals surface area contributed by atoms with Gasteiger partial charge in [0, 0.05) is 20.0 Å². The van der Waals surface area contributed by atoms with Crippen molar-refractivity contribution in [3.05, 3.63) is 23.8 Å². The molecular formula is C16H23NO5. The fourth-order valence-corrected chi connectivity index (χ4v) is 2.06. The maximum Gasteiger partial charge on any atom is 0.337 e. The lowest BCUT2D eigenvalue weighted by atomic mass is 10.2. The summed E-state index contributed by atoms with van der Waals surface area (Å²) in [6.45, 7) is 4.67. The monoisotopic (exact) mass is 309 g/mol. The summed E-state index contributed by atoms with van der Waals surface area (Å²) >= 11 is 0. The largest absolute Gasteiger partial charge is 0.493 e. The summed E-state index contributed by atoms with van der Waals surface area (Å²) in [4.78, 5) is 24.9. The van der Waals surface area contributed by atoms with Gasteiger partial charge >= 0.3 is 5.97 Å². The van der Waals surface area contributed by atoms with Gasteiger partial charge in [-0.3, -0.25) is 4.79 Å². The zero-order chi connectivity index (χ0) is 16.7. The molecule has 6 nitrogen and oxygen atoms in total. The predicted octanol–water partition coefficient (Wildman–Crippen LogP) is 2.12. The standard InChI is InChI=1S/C14H17NO5.C2H6/c1-15-7-6-11(13(15)16)20-10-5-4-9(14(17)19-3)8-12(10)18-2;1-2/h4-5,8,11H,6-7H2,1-3H3;1-2H3. The molecule has 22 heavy (non-hydrogen) atoms. The Labute approximate surface area is 131 Å². The number of carbonyl (C=O) groups is 2. The summed E-state index contributed by atoms with van der Waals surface area (Å²) in [5, 5.41) is 0. The lowest BCUT2D eigenvalue weighted by Crippen LogP contribution is -2.29. The third-order valence-electron chi connectivity index (χ3n) is 3.23. The molecule has 0 spiro atoms. The second-order valence-corrected chi connectivity index (χ2v) is 4.51. The SMILES string of the molecule is CC.COC(=O)c1ccc(OC2CCN(C)C2=O)c(OC)c1. The van der Waals surface area contributed by atoms with E-state index >= 15 is 0 Å². The Bertz CT molecular complexity index is 529. The number of hydrogen-bond donors (Lipinski definition) is 0. The first-order chi connectivity index (χ1) is 10.6. The molecule has 6 heteroatoms. The molecule has 1 amide bonds. The van der Waals surface area contributed by atoms with Gasteiger partial charge in [0.15, 0.2) is 17.6 Å². The van der Waals surface area contributed by atoms with Crippen LogP contribution in [-0.2, 0) is 9.53 Å². The van der Waals surface area contributed by atoms with Gasteiger partial charge in [-0.1, -0.05) is 13.8 Å². The summed E-state index contributed by atoms with van der Waals surface area (Å²) in [5.41, 5.74) is 0.367. The highest BCUT2D eigenvalue weighted by atomic mass is 16.5. The lowest BCUT2D eigenvalue weighted by molar-refractivity contribution is -0.132. The smallest absolute Gasteiger partial charge is 0.337 e. The third kappa shape index (κ3) is 3.90. The van der Waals surface area contributed by atoms with Crippen LogP contribution in [0.15, 0.2) is 18.2 Å². The molecule has 1 atom stereocenters. The van der Waals surface area contributed by atoms with E-state index in [9.17, 15) is 9.59 Å². The van der Waals surface area contributed by atoms with Gasteiger partial charge in [0.25, 0.3) is 5.91 Å². The van der Waals surface area contributed by atoms with Crippen molar-refractivity contribution < 1.29 is 23.8 Å². The van der Waals surface area contributed by atoms with Crippen LogP contribution in [0.3, 0.4) is 0 Å². The number of amides is 1. The van der Waals surface area contributed by atoms with Gasteiger partial charge in [0.2, 0.25) is 0 Å². The molecule has 1 aromatic rings. The lowest BCUT2D eigenvalue weighted by Gasteiger charge is -2.15. The summed E-state index contributed by atoms with van der Waals surface area (Å²) in [7, 11) is 4.53. The first-order valence-corrected chi connectivity index (χ1v) is 7.24. The highest BCUT2D eigenvalue weighted by Crippen LogP contribution is 2.30. The van der Waals surface area contributed by atoms with Crippen molar-refractivity contribution in [2.45, 2.75) is 26.4 Å². The van der Waals surface area contributed by atoms with Crippen LogP contribution >= 0.6 is 0 Å². The number of likely N-dealkylation sites (N-methyl/N-ethyl adjacent to an activating group) is 1. The maximum absolute atomic E-state index is 11.8. The highest BCUT2D eigenvalue weighted by Gasteiger charge is 2.31. The minimum Gasteiger partial charge on any atom is -0.493 e. The number of nitrogens with zero attached hydrogens (tertiary/aromatic N) is 1. The normalized spacial score (nSPS) is 16.7. The van der Waals surface area contributed by atoms with E-state index < -0.39 is 12.1 Å². The first kappa shape index (κ1) is 17.8. The van der Waals surface area contributed by atoms with Crippen LogP contribution in [0.25, 0.3) is 0 Å². The second kappa shape index (κ2) is 8.26. The number of esters is 1. The zero-order valence-corrected chi connectivity index (χ0v) is 13.7. The Morgan fingerprint density at radius 1 is 1.23 bits per heavy atom. The Morgan fingerprint density at radius 3 is 2.41 bits per heavy atom. The average molecular weight is 309 g/mol. The van der Waals surface area contributed by atoms with Gasteiger partial charge in [-0.05, 0) is 18.2 Å². The van der Waals surface area contributed by atoms with Crippen molar-refractivity contribution in [2.75, 3.05) is 27.8 Å². The van der Waals surface area contributed by atoms with Gasteiger partial charge in [-0.15, -0.1) is 0 Å². The van der Waals surface area contributed by atoms with Gasteiger partial charge in [0.05, 0.1) is 19.8 Å². The third-order valence-corrected chi connectivity index (χ3v) is 3.23. The Hall–Kier alpha value is -2.24. The molecule has 1 aliphatic rings. The Balaban J connectivity index is 0.00000116. The molecule has 0 aliphatic carbocycles. The van der Waals surface area contributed by atoms with Crippen LogP contribution in [0.4, 0.5) is 0 Å². The summed E-state index contributed by atoms with van der Waals surface area (Å²) in [5.74, 6) is 0.333. The second-order valence-electron chi connectivity index (χ2n) is 4.51. The summed E-state index contributed by atoms with van der Waals surface area (Å²) < 4.78 is 15.5. The zero-order valence-electron chi connectivity index (χ0n) is 13.7. The van der Waals surface area contributed by atoms with E-state index in [1.807, 2.05) is 13.8 Å². The van der Waals surface area contributed by atoms with E-state index in [2.05, 4.69) is 4.74 Å². The van der Waals surface area contributed by atoms with Crippen LogP contribution in [0.2, 0.25) is 0 Å². The molecule has 0 N–H and O–H groups in total. The van der Waals surface area contributed by atoms with E-state index in [0.717, 1.165) is 0 Å². The van der Waals surface area contributed by atoms with Crippen LogP contribution in [0.1, 0.15) is 30.6 Å². The van der Waals surface area contributed by atoms with Crippen LogP contribution in [-0.4, -0.2) is 50.7 Å². The maximum atomic E-state index is 11.8. The molecule has 1 heterocycles. The van der Waals surface area contributed by atoms with E-state index in [4.69, 9.17) is 9.47 Å². The summed E-state index contributed by atoms with van der Waals surface area (Å²) in [6, 6.07) is 4.72. The highest BCUT2D eigenvalue weighted by molar-refractivity contribution is 5.90. The number of rotatable bonds is 4. The van der Waals surface area contributed by atoms with Crippen LogP contribution in [0, 0.1) is 0 Å². The van der Waals surface area contributed by atoms with Crippen molar-refractivity contribution in [3.63, 3.8) is 0 Å². The van der Waals surface area contributed by atoms with Crippen molar-refractivity contribution in [1.82, 2.24) is 4.90 Å². The summed E-state index contributed by atoms with van der Waals surface area (Å²) in [6.07, 6.45) is 0.134. The quantitative estimate of drug-likeness (QED) is 0.797. The first-order valence-electron chi connectivity index (χ1n) is 7.24. The molecule has 0 radical (unpaired) electrons. The molecular weight excluding hydrogens is 286 g/mol. The molecule has 1 fully saturated rings. The van der Waals surface area contributed by atoms with E-state index in [0.29, 0.717) is 30.0 Å². The molecule has 1 aromatic carbocycles. The van der Waals surface area contributed by atoms with Gasteiger partial charge in [-0.2, -0.15) is 0 Å².